The number of aromatic nitrogens is 2. The van der Waals surface area contributed by atoms with Gasteiger partial charge in [-0.2, -0.15) is 43.9 Å². The van der Waals surface area contributed by atoms with Gasteiger partial charge in [0, 0.05) is 24.5 Å². The molecule has 0 aromatic carbocycles. The van der Waals surface area contributed by atoms with E-state index in [1.54, 1.807) is 12.4 Å². The zero-order valence-corrected chi connectivity index (χ0v) is 20.1. The first-order chi connectivity index (χ1) is 17.3. The topological polar surface area (TPSA) is 16.8 Å². The molecule has 0 amide bonds. The summed E-state index contributed by atoms with van der Waals surface area (Å²) in [5, 5.41) is 0. The predicted molar refractivity (Wildman–Crippen MR) is 112 cm³/mol. The van der Waals surface area contributed by atoms with E-state index >= 15 is 0 Å². The maximum Gasteiger partial charge on any atom is 0.384 e. The van der Waals surface area contributed by atoms with Crippen molar-refractivity contribution < 1.29 is 57.3 Å². The molecule has 0 spiro atoms. The van der Waals surface area contributed by atoms with Gasteiger partial charge in [-0.25, -0.2) is 13.3 Å². The van der Waals surface area contributed by atoms with Gasteiger partial charge in [0.25, 0.3) is 0 Å². The van der Waals surface area contributed by atoms with Gasteiger partial charge in [-0.05, 0) is 47.9 Å². The molecule has 14 heteroatoms. The van der Waals surface area contributed by atoms with E-state index in [1.165, 1.54) is 24.5 Å². The maximum atomic E-state index is 14.0. The SMILES string of the molecule is CCC(CC(C)c1cc[n+](CCC(F)(F)C(F)(F)C(F)(F)C(F)(F)C(F)(F)C(F)F)cc1)c1ccncc1. The molecule has 2 atom stereocenters. The summed E-state index contributed by atoms with van der Waals surface area (Å²) in [6, 6.07) is 6.66. The lowest BCUT2D eigenvalue weighted by Gasteiger charge is -2.38. The highest BCUT2D eigenvalue weighted by Crippen LogP contribution is 2.58. The van der Waals surface area contributed by atoms with Crippen LogP contribution in [0.3, 0.4) is 0 Å². The van der Waals surface area contributed by atoms with Crippen LogP contribution in [-0.2, 0) is 6.54 Å². The second-order valence-electron chi connectivity index (χ2n) is 8.99. The van der Waals surface area contributed by atoms with Gasteiger partial charge in [0.15, 0.2) is 18.9 Å². The van der Waals surface area contributed by atoms with E-state index in [0.717, 1.165) is 22.1 Å². The molecule has 0 aliphatic heterocycles. The van der Waals surface area contributed by atoms with Gasteiger partial charge in [0.1, 0.15) is 0 Å². The summed E-state index contributed by atoms with van der Waals surface area (Å²) >= 11 is 0. The molecule has 0 saturated carbocycles. The lowest BCUT2D eigenvalue weighted by Crippen LogP contribution is -2.68. The normalized spacial score (nSPS) is 15.6. The van der Waals surface area contributed by atoms with Crippen molar-refractivity contribution in [2.75, 3.05) is 0 Å². The van der Waals surface area contributed by atoms with Gasteiger partial charge in [-0.15, -0.1) is 0 Å². The monoisotopic (exact) mass is 569 g/mol. The van der Waals surface area contributed by atoms with Crippen LogP contribution in [0.2, 0.25) is 0 Å². The average molecular weight is 569 g/mol. The molecular formula is C24H25F12N2+. The van der Waals surface area contributed by atoms with Crippen molar-refractivity contribution in [3.8, 4) is 0 Å². The van der Waals surface area contributed by atoms with E-state index in [2.05, 4.69) is 4.98 Å². The van der Waals surface area contributed by atoms with E-state index in [4.69, 9.17) is 0 Å². The summed E-state index contributed by atoms with van der Waals surface area (Å²) in [4.78, 5) is 3.96. The van der Waals surface area contributed by atoms with Crippen LogP contribution in [0.4, 0.5) is 52.7 Å². The van der Waals surface area contributed by atoms with Crippen LogP contribution in [-0.4, -0.2) is 41.0 Å². The number of hydrogen-bond acceptors (Lipinski definition) is 1. The van der Waals surface area contributed by atoms with Crippen molar-refractivity contribution in [2.24, 2.45) is 0 Å². The fraction of sp³-hybridized carbons (Fsp3) is 0.583. The molecule has 0 aliphatic rings. The van der Waals surface area contributed by atoms with Gasteiger partial charge in [-0.3, -0.25) is 4.98 Å². The molecule has 214 valence electrons. The molecule has 0 N–H and O–H groups in total. The third-order valence-electron chi connectivity index (χ3n) is 6.42. The zero-order valence-electron chi connectivity index (χ0n) is 20.1. The van der Waals surface area contributed by atoms with Crippen molar-refractivity contribution in [2.45, 2.75) is 87.5 Å². The molecule has 0 fully saturated rings. The first-order valence-electron chi connectivity index (χ1n) is 11.4. The van der Waals surface area contributed by atoms with Crippen molar-refractivity contribution >= 4 is 0 Å². The highest BCUT2D eigenvalue weighted by Gasteiger charge is 2.87. The van der Waals surface area contributed by atoms with E-state index in [1.807, 2.05) is 26.0 Å². The number of nitrogens with zero attached hydrogens (tertiary/aromatic N) is 2. The van der Waals surface area contributed by atoms with Crippen molar-refractivity contribution in [3.63, 3.8) is 0 Å². The summed E-state index contributed by atoms with van der Waals surface area (Å²) < 4.78 is 161. The highest BCUT2D eigenvalue weighted by molar-refractivity contribution is 5.19. The van der Waals surface area contributed by atoms with Crippen LogP contribution in [0.25, 0.3) is 0 Å². The standard InChI is InChI=1S/C24H25F12N2/c1-3-16(18-4-9-37-10-5-18)14-15(2)17-6-11-38(12-7-17)13-8-20(27,28)22(31,32)24(35,36)23(33,34)21(29,30)19(25)26/h4-7,9-12,15-16,19H,3,8,13-14H2,1-2H3/q+1. The molecule has 0 bridgehead atoms. The summed E-state index contributed by atoms with van der Waals surface area (Å²) in [5.41, 5.74) is 1.78. The molecule has 2 heterocycles. The Bertz CT molecular complexity index is 1030. The van der Waals surface area contributed by atoms with E-state index in [0.29, 0.717) is 6.42 Å². The Morgan fingerprint density at radius 1 is 0.763 bits per heavy atom. The van der Waals surface area contributed by atoms with Gasteiger partial charge < -0.3 is 0 Å². The second-order valence-corrected chi connectivity index (χ2v) is 8.99. The quantitative estimate of drug-likeness (QED) is 0.177. The van der Waals surface area contributed by atoms with Crippen LogP contribution in [0.15, 0.2) is 49.1 Å². The zero-order chi connectivity index (χ0) is 29.2. The summed E-state index contributed by atoms with van der Waals surface area (Å²) in [6.45, 7) is 2.77. The second kappa shape index (κ2) is 11.3. The fourth-order valence-electron chi connectivity index (χ4n) is 3.88. The lowest BCUT2D eigenvalue weighted by atomic mass is 9.85. The minimum Gasteiger partial charge on any atom is -0.265 e. The van der Waals surface area contributed by atoms with Gasteiger partial charge >= 0.3 is 36.0 Å². The number of rotatable bonds is 13. The van der Waals surface area contributed by atoms with Crippen molar-refractivity contribution in [3.05, 3.63) is 60.2 Å². The van der Waals surface area contributed by atoms with Crippen LogP contribution >= 0.6 is 0 Å². The van der Waals surface area contributed by atoms with Crippen LogP contribution in [0, 0.1) is 0 Å². The summed E-state index contributed by atoms with van der Waals surface area (Å²) in [7, 11) is 0. The predicted octanol–water partition coefficient (Wildman–Crippen LogP) is 7.89. The molecule has 2 aromatic rings. The summed E-state index contributed by atoms with van der Waals surface area (Å²) in [5.74, 6) is -34.9. The van der Waals surface area contributed by atoms with Gasteiger partial charge in [0.05, 0.1) is 6.42 Å². The molecule has 0 saturated heterocycles. The number of halogens is 12. The average Bonchev–Trinajstić information content (AvgIpc) is 2.86. The molecule has 0 aliphatic carbocycles. The molecule has 38 heavy (non-hydrogen) atoms. The maximum absolute atomic E-state index is 14.0. The van der Waals surface area contributed by atoms with Crippen LogP contribution in [0.1, 0.15) is 56.1 Å². The minimum atomic E-state index is -7.50. The fourth-order valence-corrected chi connectivity index (χ4v) is 3.88. The third-order valence-corrected chi connectivity index (χ3v) is 6.42. The molecule has 2 rings (SSSR count). The molecule has 0 radical (unpaired) electrons. The van der Waals surface area contributed by atoms with Gasteiger partial charge in [0.2, 0.25) is 0 Å². The molecule has 2 aromatic heterocycles. The highest BCUT2D eigenvalue weighted by atomic mass is 19.4. The molecule has 2 nitrogen and oxygen atoms in total. The Morgan fingerprint density at radius 2 is 1.29 bits per heavy atom. The third kappa shape index (κ3) is 5.88. The number of hydrogen-bond donors (Lipinski definition) is 0. The van der Waals surface area contributed by atoms with Crippen molar-refractivity contribution in [1.29, 1.82) is 0 Å². The minimum absolute atomic E-state index is 0.0500. The van der Waals surface area contributed by atoms with Crippen molar-refractivity contribution in [1.82, 2.24) is 4.98 Å². The van der Waals surface area contributed by atoms with Crippen LogP contribution < -0.4 is 4.57 Å². The Balaban J connectivity index is 2.13. The molecule has 2 unspecified atom stereocenters. The number of aryl methyl sites for hydroxylation is 1. The van der Waals surface area contributed by atoms with E-state index < -0.39 is 49.0 Å². The Labute approximate surface area is 210 Å². The largest absolute Gasteiger partial charge is 0.384 e. The first-order valence-corrected chi connectivity index (χ1v) is 11.4. The first kappa shape index (κ1) is 31.7. The van der Waals surface area contributed by atoms with E-state index in [9.17, 15) is 52.7 Å². The smallest absolute Gasteiger partial charge is 0.265 e. The van der Waals surface area contributed by atoms with Gasteiger partial charge in [-0.1, -0.05) is 13.8 Å². The number of alkyl halides is 12. The van der Waals surface area contributed by atoms with E-state index in [-0.39, 0.29) is 11.8 Å². The summed E-state index contributed by atoms with van der Waals surface area (Å²) in [6.07, 6.45) is -0.564. The Morgan fingerprint density at radius 3 is 1.76 bits per heavy atom. The molecular weight excluding hydrogens is 544 g/mol. The number of pyridine rings is 2. The Kier molecular flexibility index (Phi) is 9.41. The lowest BCUT2D eigenvalue weighted by molar-refractivity contribution is -0.700. The van der Waals surface area contributed by atoms with Crippen LogP contribution in [0.5, 0.6) is 0 Å². The Hall–Kier alpha value is -2.54.